The summed E-state index contributed by atoms with van der Waals surface area (Å²) in [5.41, 5.74) is 1.84. The van der Waals surface area contributed by atoms with E-state index in [0.717, 1.165) is 37.5 Å². The first-order valence-electron chi connectivity index (χ1n) is 31.7. The van der Waals surface area contributed by atoms with Crippen molar-refractivity contribution >= 4 is 111 Å². The number of anilines is 7. The second-order valence-corrected chi connectivity index (χ2v) is 23.9. The largest absolute Gasteiger partial charge is 0.478 e. The zero-order valence-electron chi connectivity index (χ0n) is 56.9. The van der Waals surface area contributed by atoms with E-state index in [1.807, 2.05) is 0 Å². The number of aryl methyl sites for hydroxylation is 8. The summed E-state index contributed by atoms with van der Waals surface area (Å²) in [7, 11) is 12.8. The third-order valence-electron chi connectivity index (χ3n) is 15.9. The summed E-state index contributed by atoms with van der Waals surface area (Å²) in [6.45, 7) is 1.82. The minimum atomic E-state index is -1.34. The first kappa shape index (κ1) is 73.1. The first-order chi connectivity index (χ1) is 48.5. The lowest BCUT2D eigenvalue weighted by Crippen LogP contribution is -2.45. The van der Waals surface area contributed by atoms with E-state index in [1.165, 1.54) is 120 Å². The molecule has 534 valence electrons. The van der Waals surface area contributed by atoms with Crippen molar-refractivity contribution in [3.05, 3.63) is 167 Å². The van der Waals surface area contributed by atoms with E-state index in [9.17, 15) is 61.9 Å². The highest BCUT2D eigenvalue weighted by Crippen LogP contribution is 2.23. The van der Waals surface area contributed by atoms with Crippen LogP contribution in [-0.2, 0) is 66.0 Å². The van der Waals surface area contributed by atoms with Crippen molar-refractivity contribution in [3.8, 4) is 0 Å². The van der Waals surface area contributed by atoms with Crippen molar-refractivity contribution in [2.45, 2.75) is 51.5 Å². The third kappa shape index (κ3) is 18.3. The molecule has 8 aromatic heterocycles. The number of amides is 11. The monoisotopic (exact) mass is 1400 g/mol. The van der Waals surface area contributed by atoms with Crippen molar-refractivity contribution in [3.63, 3.8) is 0 Å². The van der Waals surface area contributed by atoms with Crippen molar-refractivity contribution in [2.24, 2.45) is 56.4 Å². The number of carbonyl (C=O) groups excluding carboxylic acids is 11. The maximum absolute atomic E-state index is 13.8. The first-order valence-corrected chi connectivity index (χ1v) is 31.7. The van der Waals surface area contributed by atoms with Crippen molar-refractivity contribution in [1.82, 2.24) is 72.8 Å². The molecule has 0 radical (unpaired) electrons. The summed E-state index contributed by atoms with van der Waals surface area (Å²) in [6.07, 6.45) is 17.2. The molecule has 12 N–H and O–H groups in total. The van der Waals surface area contributed by atoms with Gasteiger partial charge in [0.1, 0.15) is 40.3 Å². The zero-order chi connectivity index (χ0) is 73.8. The standard InChI is InChI=1S/C66H75FN22O13/c1-36(90)72-45(15-18-71-59(94)47-25-41(30-84(47)4)74-61(96)49-27-44(33-86(49)6)77-65(100)55-79-52(35-89(55)9)81-63(98)53-68-19-20-82(53)2)57(92)80-51-34-88(8)54(78-51)64(99)76-43-28-50(87(7)32-43)62(97)75-42-26-48(85(5)31-42)60(95)73-40-24-46(83(3)29-40)58(93)70-17-14-12-10-11-13-16-69-56(91)37-21-38(66(101)102)23-39(67)22-37/h19-35,45H,10-18H2,1-9H3,(H,69,91)(H,70,93)(H,71,94)(H,72,90)(H,73,95)(H,74,96)(H,75,97)(H,76,99)(H,77,100)(H,80,92)(H,81,98)(H,101,102)/t45-/m1/s1. The van der Waals surface area contributed by atoms with Gasteiger partial charge in [-0.2, -0.15) is 0 Å². The van der Waals surface area contributed by atoms with Crippen LogP contribution in [0.25, 0.3) is 0 Å². The van der Waals surface area contributed by atoms with Crippen LogP contribution in [0.1, 0.15) is 150 Å². The molecule has 0 saturated heterocycles. The minimum absolute atomic E-state index is 0.0292. The summed E-state index contributed by atoms with van der Waals surface area (Å²) >= 11 is 0. The molecule has 8 heterocycles. The van der Waals surface area contributed by atoms with E-state index in [0.29, 0.717) is 37.3 Å². The number of carbonyl (C=O) groups is 12. The number of hydrogen-bond acceptors (Lipinski definition) is 15. The molecule has 1 aromatic carbocycles. The molecule has 0 bridgehead atoms. The maximum Gasteiger partial charge on any atom is 0.335 e. The third-order valence-corrected chi connectivity index (χ3v) is 15.9. The topological polar surface area (TPSA) is 436 Å². The number of nitrogens with one attached hydrogen (secondary N) is 11. The number of rotatable bonds is 30. The van der Waals surface area contributed by atoms with Gasteiger partial charge >= 0.3 is 5.97 Å². The van der Waals surface area contributed by atoms with Crippen LogP contribution in [-0.4, -0.2) is 153 Å². The fourth-order valence-electron chi connectivity index (χ4n) is 10.9. The summed E-state index contributed by atoms with van der Waals surface area (Å²) < 4.78 is 25.6. The fourth-order valence-corrected chi connectivity index (χ4v) is 10.9. The van der Waals surface area contributed by atoms with Crippen molar-refractivity contribution in [2.75, 3.05) is 56.9 Å². The molecule has 11 amide bonds. The van der Waals surface area contributed by atoms with Gasteiger partial charge in [-0.05, 0) is 67.8 Å². The molecule has 0 aliphatic rings. The Morgan fingerprint density at radius 1 is 0.402 bits per heavy atom. The summed E-state index contributed by atoms with van der Waals surface area (Å²) in [5.74, 6) is -8.40. The Kier molecular flexibility index (Phi) is 22.9. The van der Waals surface area contributed by atoms with E-state index in [4.69, 9.17) is 5.11 Å². The smallest absolute Gasteiger partial charge is 0.335 e. The average molecular weight is 1400 g/mol. The van der Waals surface area contributed by atoms with Crippen molar-refractivity contribution in [1.29, 1.82) is 0 Å². The lowest BCUT2D eigenvalue weighted by Gasteiger charge is -2.17. The predicted octanol–water partition coefficient (Wildman–Crippen LogP) is 4.30. The molecule has 0 aliphatic heterocycles. The number of hydrogen-bond donors (Lipinski definition) is 12. The van der Waals surface area contributed by atoms with Gasteiger partial charge in [-0.1, -0.05) is 19.3 Å². The molecule has 0 fully saturated rings. The number of nitrogens with zero attached hydrogens (tertiary/aromatic N) is 11. The Bertz CT molecular complexity index is 4760. The highest BCUT2D eigenvalue weighted by molar-refractivity contribution is 6.10. The molecule has 36 heteroatoms. The quantitative estimate of drug-likeness (QED) is 0.0279. The molecule has 0 aliphatic carbocycles. The minimum Gasteiger partial charge on any atom is -0.478 e. The average Bonchev–Trinajstić information content (AvgIpc) is 1.66. The highest BCUT2D eigenvalue weighted by Gasteiger charge is 2.27. The second-order valence-electron chi connectivity index (χ2n) is 23.9. The number of carboxylic acid groups (broad SMARTS) is 1. The summed E-state index contributed by atoms with van der Waals surface area (Å²) in [5, 5.41) is 38.8. The highest BCUT2D eigenvalue weighted by atomic mass is 19.1. The van der Waals surface area contributed by atoms with E-state index in [2.05, 4.69) is 73.4 Å². The molecule has 0 unspecified atom stereocenters. The van der Waals surface area contributed by atoms with E-state index in [1.54, 1.807) is 66.3 Å². The molecule has 102 heavy (non-hydrogen) atoms. The number of carboxylic acids is 1. The lowest BCUT2D eigenvalue weighted by atomic mass is 10.1. The number of unbranched alkanes of at least 4 members (excludes halogenated alkanes) is 4. The molecular formula is C66H75FN22O13. The van der Waals surface area contributed by atoms with Gasteiger partial charge < -0.3 is 100 Å². The number of benzene rings is 1. The molecular weight excluding hydrogens is 1330 g/mol. The predicted molar refractivity (Wildman–Crippen MR) is 369 cm³/mol. The van der Waals surface area contributed by atoms with Crippen LogP contribution in [0.4, 0.5) is 44.5 Å². The molecule has 9 aromatic rings. The molecule has 0 spiro atoms. The number of aromatic nitrogens is 11. The van der Waals surface area contributed by atoms with Gasteiger partial charge in [0.05, 0.1) is 34.0 Å². The number of imidazole rings is 3. The normalized spacial score (nSPS) is 11.3. The van der Waals surface area contributed by atoms with E-state index >= 15 is 0 Å². The maximum atomic E-state index is 13.8. The van der Waals surface area contributed by atoms with Gasteiger partial charge in [0.15, 0.2) is 17.5 Å². The Morgan fingerprint density at radius 3 is 1.19 bits per heavy atom. The van der Waals surface area contributed by atoms with Gasteiger partial charge in [-0.25, -0.2) is 24.1 Å². The van der Waals surface area contributed by atoms with Crippen LogP contribution in [0.5, 0.6) is 0 Å². The summed E-state index contributed by atoms with van der Waals surface area (Å²) in [4.78, 5) is 169. The van der Waals surface area contributed by atoms with Gasteiger partial charge in [0.2, 0.25) is 23.5 Å². The van der Waals surface area contributed by atoms with Gasteiger partial charge in [0.25, 0.3) is 53.2 Å². The molecule has 9 rings (SSSR count). The van der Waals surface area contributed by atoms with Gasteiger partial charge in [-0.15, -0.1) is 0 Å². The van der Waals surface area contributed by atoms with Crippen LogP contribution >= 0.6 is 0 Å². The number of aromatic carboxylic acids is 1. The van der Waals surface area contributed by atoms with Crippen LogP contribution in [0, 0.1) is 5.82 Å². The lowest BCUT2D eigenvalue weighted by molar-refractivity contribution is -0.125. The van der Waals surface area contributed by atoms with Crippen LogP contribution in [0.15, 0.2) is 104 Å². The molecule has 35 nitrogen and oxygen atoms in total. The van der Waals surface area contributed by atoms with E-state index < -0.39 is 76.9 Å². The zero-order valence-corrected chi connectivity index (χ0v) is 56.9. The number of halogens is 1. The Morgan fingerprint density at radius 2 is 0.775 bits per heavy atom. The molecule has 0 saturated carbocycles. The fraction of sp³-hybridized carbons (Fsp3) is 0.288. The molecule has 1 atom stereocenters. The van der Waals surface area contributed by atoms with Crippen LogP contribution in [0.3, 0.4) is 0 Å². The van der Waals surface area contributed by atoms with Gasteiger partial charge in [0, 0.05) is 144 Å². The van der Waals surface area contributed by atoms with Gasteiger partial charge in [-0.3, -0.25) is 52.7 Å². The van der Waals surface area contributed by atoms with E-state index in [-0.39, 0.29) is 105 Å². The Balaban J connectivity index is 0.693. The summed E-state index contributed by atoms with van der Waals surface area (Å²) in [6, 6.07) is 9.04. The van der Waals surface area contributed by atoms with Crippen molar-refractivity contribution < 1.29 is 67.0 Å². The Labute approximate surface area is 580 Å². The van der Waals surface area contributed by atoms with Crippen LogP contribution < -0.4 is 58.5 Å². The SMILES string of the molecule is CC(=O)N[C@H](CCNC(=O)c1cc(NC(=O)c2cc(NC(=O)c3nc(NC(=O)c4nccn4C)cn3C)cn2C)cn1C)C(=O)Nc1cn(C)c(C(=O)Nc2cc(C(=O)Nc3cc(C(=O)Nc4cc(C(=O)NCCCCCCCNC(=O)c5cc(F)cc(C(=O)O)c5)n(C)c4)n(C)c3)n(C)c2)n1. The second kappa shape index (κ2) is 32.0. The van der Waals surface area contributed by atoms with Crippen LogP contribution in [0.2, 0.25) is 0 Å². The Hall–Kier alpha value is -13.2.